The Labute approximate surface area is 303 Å². The molecule has 50 heavy (non-hydrogen) atoms. The summed E-state index contributed by atoms with van der Waals surface area (Å²) in [5.41, 5.74) is 5.82. The van der Waals surface area contributed by atoms with E-state index in [-0.39, 0.29) is 34.9 Å². The number of likely N-dealkylation sites (tertiary alicyclic amines) is 1. The number of nitrogens with zero attached hydrogens (tertiary/aromatic N) is 1. The number of nitrogens with one attached hydrogen (secondary N) is 3. The molecule has 4 amide bonds. The Hall–Kier alpha value is -3.27. The Morgan fingerprint density at radius 3 is 2.02 bits per heavy atom. The van der Waals surface area contributed by atoms with E-state index < -0.39 is 23.8 Å². The number of rotatable bonds is 13. The lowest BCUT2D eigenvalue weighted by atomic mass is 9.77. The molecule has 1 saturated heterocycles. The van der Waals surface area contributed by atoms with Crippen LogP contribution in [-0.4, -0.2) is 72.1 Å². The molecular weight excluding hydrogens is 630 g/mol. The van der Waals surface area contributed by atoms with Gasteiger partial charge in [-0.05, 0) is 69.0 Å². The van der Waals surface area contributed by atoms with Crippen molar-refractivity contribution in [1.82, 2.24) is 20.9 Å². The van der Waals surface area contributed by atoms with Crippen molar-refractivity contribution in [2.75, 3.05) is 13.6 Å². The van der Waals surface area contributed by atoms with Gasteiger partial charge in [-0.3, -0.25) is 19.3 Å². The SMILES string of the molecule is CC.CC(C)(C)C(C=O)NC(=O)NC1(Cc2ccccc2)CCCCC1.CCC.CCCC(C)CC(NC(=O)C1CCCN1C)C(=O)C(N)=O. The van der Waals surface area contributed by atoms with Crippen molar-refractivity contribution < 1.29 is 24.0 Å². The van der Waals surface area contributed by atoms with Gasteiger partial charge in [0.2, 0.25) is 11.7 Å². The summed E-state index contributed by atoms with van der Waals surface area (Å²) < 4.78 is 0. The smallest absolute Gasteiger partial charge is 0.315 e. The maximum absolute atomic E-state index is 12.5. The molecule has 1 aliphatic heterocycles. The van der Waals surface area contributed by atoms with Gasteiger partial charge in [0.15, 0.2) is 0 Å². The zero-order chi connectivity index (χ0) is 38.3. The molecule has 1 aromatic carbocycles. The van der Waals surface area contributed by atoms with Crippen LogP contribution in [0.4, 0.5) is 4.79 Å². The summed E-state index contributed by atoms with van der Waals surface area (Å²) in [4.78, 5) is 61.2. The van der Waals surface area contributed by atoms with E-state index in [1.165, 1.54) is 18.4 Å². The molecule has 10 nitrogen and oxygen atoms in total. The summed E-state index contributed by atoms with van der Waals surface area (Å²) >= 11 is 0. The van der Waals surface area contributed by atoms with Gasteiger partial charge in [0, 0.05) is 5.54 Å². The second-order valence-electron chi connectivity index (χ2n) is 14.8. The number of urea groups is 1. The number of hydrogen-bond acceptors (Lipinski definition) is 6. The molecule has 1 heterocycles. The van der Waals surface area contributed by atoms with Crippen molar-refractivity contribution in [3.05, 3.63) is 35.9 Å². The first-order chi connectivity index (χ1) is 23.6. The second-order valence-corrected chi connectivity index (χ2v) is 14.8. The maximum Gasteiger partial charge on any atom is 0.315 e. The van der Waals surface area contributed by atoms with E-state index in [1.807, 2.05) is 71.7 Å². The first-order valence-corrected chi connectivity index (χ1v) is 19.0. The molecule has 1 aromatic rings. The zero-order valence-electron chi connectivity index (χ0n) is 33.0. The van der Waals surface area contributed by atoms with E-state index in [4.69, 9.17) is 5.73 Å². The maximum atomic E-state index is 12.5. The Bertz CT molecular complexity index is 1130. The minimum Gasteiger partial charge on any atom is -0.363 e. The average Bonchev–Trinajstić information content (AvgIpc) is 3.50. The number of ketones is 1. The van der Waals surface area contributed by atoms with Crippen LogP contribution in [0.15, 0.2) is 30.3 Å². The van der Waals surface area contributed by atoms with Crippen LogP contribution in [0.5, 0.6) is 0 Å². The molecule has 5 N–H and O–H groups in total. The van der Waals surface area contributed by atoms with E-state index in [9.17, 15) is 24.0 Å². The van der Waals surface area contributed by atoms with Gasteiger partial charge in [0.1, 0.15) is 6.29 Å². The lowest BCUT2D eigenvalue weighted by molar-refractivity contribution is -0.139. The van der Waals surface area contributed by atoms with Crippen molar-refractivity contribution in [1.29, 1.82) is 0 Å². The highest BCUT2D eigenvalue weighted by atomic mass is 16.2. The number of amides is 4. The number of Topliss-reactive ketones (excluding diaryl/α,β-unsaturated/α-hetero) is 1. The molecule has 2 aliphatic rings. The van der Waals surface area contributed by atoms with Gasteiger partial charge in [-0.25, -0.2) is 4.79 Å². The average molecular weight is 702 g/mol. The van der Waals surface area contributed by atoms with Gasteiger partial charge >= 0.3 is 6.03 Å². The molecule has 0 spiro atoms. The molecule has 4 unspecified atom stereocenters. The van der Waals surface area contributed by atoms with Crippen molar-refractivity contribution in [3.8, 4) is 0 Å². The van der Waals surface area contributed by atoms with E-state index in [0.29, 0.717) is 6.42 Å². The van der Waals surface area contributed by atoms with E-state index in [0.717, 1.165) is 70.6 Å². The molecular formula is C40H71N5O5. The Kier molecular flexibility index (Phi) is 23.2. The molecule has 0 aromatic heterocycles. The van der Waals surface area contributed by atoms with Crippen LogP contribution in [0.1, 0.15) is 139 Å². The zero-order valence-corrected chi connectivity index (χ0v) is 33.0. The molecule has 0 bridgehead atoms. The number of primary amides is 1. The van der Waals surface area contributed by atoms with Gasteiger partial charge in [-0.1, -0.05) is 131 Å². The topological polar surface area (TPSA) is 151 Å². The Morgan fingerprint density at radius 2 is 1.56 bits per heavy atom. The third-order valence-corrected chi connectivity index (χ3v) is 9.05. The van der Waals surface area contributed by atoms with E-state index in [2.05, 4.69) is 48.9 Å². The molecule has 4 atom stereocenters. The molecule has 2 fully saturated rings. The molecule has 1 aliphatic carbocycles. The van der Waals surface area contributed by atoms with E-state index in [1.54, 1.807) is 0 Å². The molecule has 1 saturated carbocycles. The normalized spacial score (nSPS) is 18.5. The van der Waals surface area contributed by atoms with Gasteiger partial charge < -0.3 is 26.5 Å². The summed E-state index contributed by atoms with van der Waals surface area (Å²) in [6.45, 7) is 19.1. The van der Waals surface area contributed by atoms with Gasteiger partial charge in [-0.15, -0.1) is 0 Å². The number of aldehydes is 1. The number of hydrogen-bond donors (Lipinski definition) is 4. The summed E-state index contributed by atoms with van der Waals surface area (Å²) in [5, 5.41) is 8.78. The van der Waals surface area contributed by atoms with Crippen LogP contribution in [-0.2, 0) is 25.6 Å². The summed E-state index contributed by atoms with van der Waals surface area (Å²) in [5.74, 6) is -1.61. The number of carbonyl (C=O) groups is 5. The molecule has 286 valence electrons. The lowest BCUT2D eigenvalue weighted by Crippen LogP contribution is -2.57. The van der Waals surface area contributed by atoms with E-state index >= 15 is 0 Å². The lowest BCUT2D eigenvalue weighted by Gasteiger charge is -2.39. The van der Waals surface area contributed by atoms with Gasteiger partial charge in [0.25, 0.3) is 5.91 Å². The highest BCUT2D eigenvalue weighted by molar-refractivity contribution is 6.37. The fourth-order valence-electron chi connectivity index (χ4n) is 6.36. The largest absolute Gasteiger partial charge is 0.363 e. The first kappa shape index (κ1) is 46.7. The Morgan fingerprint density at radius 1 is 0.980 bits per heavy atom. The van der Waals surface area contributed by atoms with Gasteiger partial charge in [0.05, 0.1) is 18.1 Å². The highest BCUT2D eigenvalue weighted by Crippen LogP contribution is 2.31. The van der Waals surface area contributed by atoms with Crippen molar-refractivity contribution in [2.24, 2.45) is 17.1 Å². The van der Waals surface area contributed by atoms with Crippen molar-refractivity contribution in [3.63, 3.8) is 0 Å². The quantitative estimate of drug-likeness (QED) is 0.132. The third kappa shape index (κ3) is 17.6. The fourth-order valence-corrected chi connectivity index (χ4v) is 6.36. The van der Waals surface area contributed by atoms with Crippen LogP contribution < -0.4 is 21.7 Å². The monoisotopic (exact) mass is 702 g/mol. The number of benzene rings is 1. The fraction of sp³-hybridized carbons (Fsp3) is 0.725. The van der Waals surface area contributed by atoms with Crippen LogP contribution in [0, 0.1) is 11.3 Å². The number of likely N-dealkylation sites (N-methyl/N-ethyl adjacent to an activating group) is 1. The standard InChI is InChI=1S/C20H30N2O2.C15H27N3O3.C3H8.C2H6/c1-19(2,3)17(15-23)21-18(24)22-20(12-8-5-9-13-20)14-16-10-6-4-7-11-16;1-4-6-10(2)9-11(13(19)14(16)20)17-15(21)12-7-5-8-18(12)3;1-3-2;1-2/h4,6-7,10-11,15,17H,5,8-9,12-14H2,1-3H3,(H2,21,22,24);10-12H,4-9H2,1-3H3,(H2,16,20)(H,17,21);3H2,1-2H3;1-2H3. The first-order valence-electron chi connectivity index (χ1n) is 19.0. The minimum atomic E-state index is -0.983. The summed E-state index contributed by atoms with van der Waals surface area (Å²) in [6, 6.07) is 8.56. The van der Waals surface area contributed by atoms with Crippen LogP contribution in [0.3, 0.4) is 0 Å². The molecule has 3 rings (SSSR count). The summed E-state index contributed by atoms with van der Waals surface area (Å²) in [6.07, 6.45) is 12.5. The number of carbonyl (C=O) groups excluding carboxylic acids is 5. The highest BCUT2D eigenvalue weighted by Gasteiger charge is 2.36. The summed E-state index contributed by atoms with van der Waals surface area (Å²) in [7, 11) is 1.89. The Balaban J connectivity index is 0.000000857. The number of nitrogens with two attached hydrogens (primary N) is 1. The van der Waals surface area contributed by atoms with Crippen LogP contribution in [0.25, 0.3) is 0 Å². The molecule has 0 radical (unpaired) electrons. The predicted octanol–water partition coefficient (Wildman–Crippen LogP) is 6.73. The minimum absolute atomic E-state index is 0.182. The van der Waals surface area contributed by atoms with Crippen molar-refractivity contribution >= 4 is 29.9 Å². The predicted molar refractivity (Wildman–Crippen MR) is 205 cm³/mol. The van der Waals surface area contributed by atoms with Crippen LogP contribution >= 0.6 is 0 Å². The van der Waals surface area contributed by atoms with Crippen molar-refractivity contribution in [2.45, 2.75) is 163 Å². The van der Waals surface area contributed by atoms with Crippen LogP contribution in [0.2, 0.25) is 0 Å². The third-order valence-electron chi connectivity index (χ3n) is 9.05. The van der Waals surface area contributed by atoms with Gasteiger partial charge in [-0.2, -0.15) is 0 Å². The molecule has 10 heteroatoms. The second kappa shape index (κ2) is 24.8.